The van der Waals surface area contributed by atoms with Crippen molar-refractivity contribution in [1.82, 2.24) is 4.90 Å². The molecule has 3 aromatic carbocycles. The predicted molar refractivity (Wildman–Crippen MR) is 218 cm³/mol. The molecule has 0 saturated heterocycles. The largest absolute Gasteiger partial charge is 0.459 e. The fourth-order valence-electron chi connectivity index (χ4n) is 9.50. The molecule has 0 bridgehead atoms. The van der Waals surface area contributed by atoms with E-state index in [0.29, 0.717) is 30.8 Å². The molecule has 11 nitrogen and oxygen atoms in total. The van der Waals surface area contributed by atoms with Crippen molar-refractivity contribution < 1.29 is 43.9 Å². The molecule has 6 unspecified atom stereocenters. The summed E-state index contributed by atoms with van der Waals surface area (Å²) in [6, 6.07) is 19.7. The molecule has 3 aliphatic carbocycles. The van der Waals surface area contributed by atoms with E-state index in [1.807, 2.05) is 41.3 Å². The zero-order chi connectivity index (χ0) is 39.8. The molecule has 2 fully saturated rings. The number of hydrogen-bond donors (Lipinski definition) is 3. The summed E-state index contributed by atoms with van der Waals surface area (Å²) in [5.41, 5.74) is 2.72. The molecule has 0 spiro atoms. The van der Waals surface area contributed by atoms with Crippen LogP contribution < -0.4 is 9.47 Å². The molecule has 0 radical (unpaired) electrons. The van der Waals surface area contributed by atoms with Gasteiger partial charge in [0.15, 0.2) is 0 Å². The first kappa shape index (κ1) is 40.9. The van der Waals surface area contributed by atoms with Crippen molar-refractivity contribution in [3.8, 4) is 17.2 Å². The number of unbranched alkanes of at least 4 members (excludes halogenated alkanes) is 2. The lowest BCUT2D eigenvalue weighted by atomic mass is 9.55. The van der Waals surface area contributed by atoms with Crippen LogP contribution in [0.5, 0.6) is 17.2 Å². The van der Waals surface area contributed by atoms with Gasteiger partial charge in [0.1, 0.15) is 30.4 Å². The quantitative estimate of drug-likeness (QED) is 0.0585. The summed E-state index contributed by atoms with van der Waals surface area (Å²) >= 11 is 0. The zero-order valence-corrected chi connectivity index (χ0v) is 33.1. The second-order valence-corrected chi connectivity index (χ2v) is 15.7. The van der Waals surface area contributed by atoms with Crippen molar-refractivity contribution in [2.45, 2.75) is 75.5 Å². The minimum Gasteiger partial charge on any atom is -0.459 e. The van der Waals surface area contributed by atoms with Crippen molar-refractivity contribution in [2.24, 2.45) is 28.8 Å². The van der Waals surface area contributed by atoms with Gasteiger partial charge >= 0.3 is 0 Å². The molecule has 11 heteroatoms. The number of hydrogen-bond acceptors (Lipinski definition) is 10. The summed E-state index contributed by atoms with van der Waals surface area (Å²) < 4.78 is 26.7. The van der Waals surface area contributed by atoms with Crippen LogP contribution in [0.25, 0.3) is 10.8 Å². The first-order valence-electron chi connectivity index (χ1n) is 20.7. The van der Waals surface area contributed by atoms with Crippen LogP contribution >= 0.6 is 0 Å². The van der Waals surface area contributed by atoms with Crippen LogP contribution in [0.15, 0.2) is 90.1 Å². The standard InChI is InChI=1S/C46H58N2O9/c1-3-24-55-46-42(48(20-25-54-26-23-51)45(52)32-14-15-32)30-40(47-53-2)38-28-34(12-6-8-21-49)37(13-7-9-22-50)43(44(38)46)39-29-36(18-19-41(39)57-46)56-35-17-16-31-10-4-5-11-33(31)27-35/h3-5,10-11,16-19,27-29,32,34,37,42-44,49-51H,1,6-9,12-15,20-26,30H2,2H3. The maximum Gasteiger partial charge on any atom is 0.239 e. The second kappa shape index (κ2) is 19.0. The first-order chi connectivity index (χ1) is 28.0. The van der Waals surface area contributed by atoms with Crippen molar-refractivity contribution in [2.75, 3.05) is 53.3 Å². The topological polar surface area (TPSA) is 140 Å². The molecule has 1 heterocycles. The molecule has 0 aromatic heterocycles. The molecule has 7 rings (SSSR count). The second-order valence-electron chi connectivity index (χ2n) is 15.7. The molecule has 306 valence electrons. The Morgan fingerprint density at radius 2 is 1.70 bits per heavy atom. The molecule has 1 amide bonds. The van der Waals surface area contributed by atoms with E-state index in [2.05, 4.69) is 42.1 Å². The predicted octanol–water partition coefficient (Wildman–Crippen LogP) is 7.14. The molecule has 2 saturated carbocycles. The van der Waals surface area contributed by atoms with Gasteiger partial charge in [-0.15, -0.1) is 6.58 Å². The number of ether oxygens (including phenoxy) is 4. The number of allylic oxidation sites excluding steroid dienone is 1. The van der Waals surface area contributed by atoms with Crippen LogP contribution in [0.1, 0.15) is 69.3 Å². The Hall–Kier alpha value is -4.26. The molecule has 3 N–H and O–H groups in total. The third-order valence-electron chi connectivity index (χ3n) is 12.1. The number of aliphatic hydroxyl groups excluding tert-OH is 3. The Morgan fingerprint density at radius 3 is 2.44 bits per heavy atom. The third kappa shape index (κ3) is 8.78. The maximum atomic E-state index is 14.4. The lowest BCUT2D eigenvalue weighted by molar-refractivity contribution is -0.258. The molecule has 4 aliphatic rings. The van der Waals surface area contributed by atoms with Gasteiger partial charge in [-0.05, 0) is 97.0 Å². The van der Waals surface area contributed by atoms with E-state index in [1.165, 1.54) is 0 Å². The van der Waals surface area contributed by atoms with Crippen LogP contribution in [0.4, 0.5) is 0 Å². The summed E-state index contributed by atoms with van der Waals surface area (Å²) in [4.78, 5) is 21.8. The fraction of sp³-hybridized carbons (Fsp3) is 0.522. The average Bonchev–Trinajstić information content (AvgIpc) is 4.08. The number of nitrogens with zero attached hydrogens (tertiary/aromatic N) is 2. The van der Waals surface area contributed by atoms with Gasteiger partial charge in [-0.2, -0.15) is 0 Å². The summed E-state index contributed by atoms with van der Waals surface area (Å²) in [6.07, 6.45) is 10.8. The Labute approximate surface area is 335 Å². The Kier molecular flexibility index (Phi) is 13.6. The number of fused-ring (bicyclic) bond motifs is 3. The number of rotatable bonds is 21. The van der Waals surface area contributed by atoms with Gasteiger partial charge in [-0.1, -0.05) is 60.5 Å². The molecule has 3 aromatic rings. The van der Waals surface area contributed by atoms with Gasteiger partial charge in [-0.3, -0.25) is 4.79 Å². The highest BCUT2D eigenvalue weighted by Gasteiger charge is 2.65. The van der Waals surface area contributed by atoms with E-state index in [9.17, 15) is 20.1 Å². The van der Waals surface area contributed by atoms with Crippen LogP contribution in [0.2, 0.25) is 0 Å². The van der Waals surface area contributed by atoms with E-state index in [4.69, 9.17) is 23.8 Å². The number of carbonyl (C=O) groups excluding carboxylic acids is 1. The average molecular weight is 783 g/mol. The van der Waals surface area contributed by atoms with Crippen molar-refractivity contribution in [1.29, 1.82) is 0 Å². The minimum atomic E-state index is -1.34. The Bertz CT molecular complexity index is 1910. The zero-order valence-electron chi connectivity index (χ0n) is 33.1. The highest BCUT2D eigenvalue weighted by molar-refractivity contribution is 6.03. The van der Waals surface area contributed by atoms with Gasteiger partial charge in [0.25, 0.3) is 0 Å². The number of benzene rings is 3. The van der Waals surface area contributed by atoms with Crippen LogP contribution in [-0.2, 0) is 19.1 Å². The maximum absolute atomic E-state index is 14.4. The summed E-state index contributed by atoms with van der Waals surface area (Å²) in [7, 11) is 1.55. The minimum absolute atomic E-state index is 0.0284. The lowest BCUT2D eigenvalue weighted by Crippen LogP contribution is -2.70. The van der Waals surface area contributed by atoms with E-state index < -0.39 is 17.7 Å². The Balaban J connectivity index is 1.40. The van der Waals surface area contributed by atoms with Gasteiger partial charge in [0.2, 0.25) is 11.7 Å². The number of oxime groups is 1. The van der Waals surface area contributed by atoms with Crippen molar-refractivity contribution >= 4 is 22.4 Å². The van der Waals surface area contributed by atoms with Gasteiger partial charge in [0.05, 0.1) is 38.1 Å². The molecular weight excluding hydrogens is 725 g/mol. The lowest BCUT2D eigenvalue weighted by Gasteiger charge is -2.60. The molecule has 6 atom stereocenters. The molecule has 57 heavy (non-hydrogen) atoms. The monoisotopic (exact) mass is 782 g/mol. The smallest absolute Gasteiger partial charge is 0.239 e. The van der Waals surface area contributed by atoms with Crippen molar-refractivity contribution in [3.63, 3.8) is 0 Å². The summed E-state index contributed by atoms with van der Waals surface area (Å²) in [6.45, 7) is 5.02. The number of aliphatic hydroxyl groups is 3. The van der Waals surface area contributed by atoms with Gasteiger partial charge < -0.3 is 44.0 Å². The number of amides is 1. The Morgan fingerprint density at radius 1 is 0.947 bits per heavy atom. The van der Waals surface area contributed by atoms with Crippen LogP contribution in [0, 0.1) is 23.7 Å². The summed E-state index contributed by atoms with van der Waals surface area (Å²) in [5.74, 6) is 0.322. The van der Waals surface area contributed by atoms with Gasteiger partial charge in [-0.25, -0.2) is 0 Å². The van der Waals surface area contributed by atoms with E-state index in [-0.39, 0.29) is 75.8 Å². The van der Waals surface area contributed by atoms with E-state index in [0.717, 1.165) is 71.9 Å². The molecule has 1 aliphatic heterocycles. The summed E-state index contributed by atoms with van der Waals surface area (Å²) in [5, 5.41) is 36.1. The van der Waals surface area contributed by atoms with Crippen molar-refractivity contribution in [3.05, 3.63) is 90.5 Å². The third-order valence-corrected chi connectivity index (χ3v) is 12.1. The highest BCUT2D eigenvalue weighted by Crippen LogP contribution is 2.62. The first-order valence-corrected chi connectivity index (χ1v) is 20.7. The van der Waals surface area contributed by atoms with Crippen LogP contribution in [0.3, 0.4) is 0 Å². The van der Waals surface area contributed by atoms with Crippen LogP contribution in [-0.4, -0.2) is 97.0 Å². The highest BCUT2D eigenvalue weighted by atomic mass is 16.7. The SMILES string of the molecule is C=CCOC12Oc3ccc(Oc4ccc5ccccc5c4)cc3C3C(CCCCO)C(CCCCO)C=C(C(=NOC)CC1N(CCOCCO)C(=O)C1CC1)C32. The van der Waals surface area contributed by atoms with Gasteiger partial charge in [0, 0.05) is 43.6 Å². The normalized spacial score (nSPS) is 25.6. The molecular formula is C46H58N2O9. The van der Waals surface area contributed by atoms with E-state index >= 15 is 0 Å². The van der Waals surface area contributed by atoms with E-state index in [1.54, 1.807) is 13.2 Å². The fourth-order valence-corrected chi connectivity index (χ4v) is 9.50. The number of carbonyl (C=O) groups is 1.